The van der Waals surface area contributed by atoms with Crippen molar-refractivity contribution in [1.82, 2.24) is 0 Å². The van der Waals surface area contributed by atoms with Crippen molar-refractivity contribution in [2.24, 2.45) is 0 Å². The zero-order valence-electron chi connectivity index (χ0n) is 14.3. The van der Waals surface area contributed by atoms with Crippen molar-refractivity contribution in [3.63, 3.8) is 0 Å². The number of aryl methyl sites for hydroxylation is 1. The molecule has 0 radical (unpaired) electrons. The summed E-state index contributed by atoms with van der Waals surface area (Å²) >= 11 is 1.48. The third-order valence-electron chi connectivity index (χ3n) is 3.72. The number of benzene rings is 2. The van der Waals surface area contributed by atoms with Gasteiger partial charge < -0.3 is 10.6 Å². The molecule has 5 heteroatoms. The molecule has 0 heterocycles. The van der Waals surface area contributed by atoms with Crippen molar-refractivity contribution in [2.45, 2.75) is 37.8 Å². The fraction of sp³-hybridized carbons (Fsp3) is 0.263. The van der Waals surface area contributed by atoms with Crippen LogP contribution in [0.1, 0.15) is 25.0 Å². The second kappa shape index (κ2) is 8.02. The lowest BCUT2D eigenvalue weighted by molar-refractivity contribution is -0.115. The van der Waals surface area contributed by atoms with Crippen molar-refractivity contribution >= 4 is 35.0 Å². The number of carbonyl (C=O) groups is 2. The number of hydrogen-bond donors (Lipinski definition) is 2. The van der Waals surface area contributed by atoms with Gasteiger partial charge in [-0.2, -0.15) is 0 Å². The fourth-order valence-electron chi connectivity index (χ4n) is 2.20. The predicted molar refractivity (Wildman–Crippen MR) is 101 cm³/mol. The van der Waals surface area contributed by atoms with E-state index in [-0.39, 0.29) is 17.1 Å². The molecule has 2 amide bonds. The summed E-state index contributed by atoms with van der Waals surface area (Å²) in [6, 6.07) is 13.4. The molecule has 0 aliphatic heterocycles. The van der Waals surface area contributed by atoms with Gasteiger partial charge in [0.05, 0.1) is 5.25 Å². The van der Waals surface area contributed by atoms with Crippen LogP contribution in [0.2, 0.25) is 0 Å². The Hall–Kier alpha value is -2.27. The molecule has 2 aromatic carbocycles. The lowest BCUT2D eigenvalue weighted by Gasteiger charge is -2.14. The van der Waals surface area contributed by atoms with Crippen LogP contribution >= 0.6 is 11.8 Å². The quantitative estimate of drug-likeness (QED) is 0.793. The largest absolute Gasteiger partial charge is 0.326 e. The summed E-state index contributed by atoms with van der Waals surface area (Å²) in [5.74, 6) is -0.128. The highest BCUT2D eigenvalue weighted by atomic mass is 32.2. The summed E-state index contributed by atoms with van der Waals surface area (Å²) < 4.78 is 0. The average Bonchev–Trinajstić information content (AvgIpc) is 2.53. The highest BCUT2D eigenvalue weighted by Crippen LogP contribution is 2.26. The number of nitrogens with one attached hydrogen (secondary N) is 2. The number of thioether (sulfide) groups is 1. The Morgan fingerprint density at radius 2 is 1.67 bits per heavy atom. The van der Waals surface area contributed by atoms with Crippen LogP contribution < -0.4 is 10.6 Å². The molecule has 0 aliphatic rings. The molecule has 2 rings (SSSR count). The Bertz CT molecular complexity index is 742. The maximum Gasteiger partial charge on any atom is 0.237 e. The summed E-state index contributed by atoms with van der Waals surface area (Å²) in [6.07, 6.45) is 0. The van der Waals surface area contributed by atoms with Crippen molar-refractivity contribution in [3.05, 3.63) is 53.6 Å². The maximum absolute atomic E-state index is 12.4. The van der Waals surface area contributed by atoms with Crippen LogP contribution in [0.25, 0.3) is 0 Å². The number of hydrogen-bond acceptors (Lipinski definition) is 3. The van der Waals surface area contributed by atoms with Gasteiger partial charge in [0.1, 0.15) is 0 Å². The highest BCUT2D eigenvalue weighted by Gasteiger charge is 2.15. The van der Waals surface area contributed by atoms with Gasteiger partial charge in [-0.05, 0) is 62.2 Å². The molecule has 1 atom stereocenters. The van der Waals surface area contributed by atoms with E-state index in [9.17, 15) is 9.59 Å². The molecule has 4 nitrogen and oxygen atoms in total. The Balaban J connectivity index is 1.98. The zero-order valence-corrected chi connectivity index (χ0v) is 15.2. The van der Waals surface area contributed by atoms with Crippen LogP contribution in [-0.4, -0.2) is 17.1 Å². The number of carbonyl (C=O) groups excluding carboxylic acids is 2. The molecule has 0 saturated heterocycles. The average molecular weight is 342 g/mol. The van der Waals surface area contributed by atoms with Gasteiger partial charge in [0, 0.05) is 23.2 Å². The zero-order chi connectivity index (χ0) is 17.7. The lowest BCUT2D eigenvalue weighted by Crippen LogP contribution is -2.22. The summed E-state index contributed by atoms with van der Waals surface area (Å²) in [4.78, 5) is 24.4. The van der Waals surface area contributed by atoms with E-state index >= 15 is 0 Å². The molecule has 0 bridgehead atoms. The monoisotopic (exact) mass is 342 g/mol. The predicted octanol–water partition coefficient (Wildman–Crippen LogP) is 4.38. The summed E-state index contributed by atoms with van der Waals surface area (Å²) in [5, 5.41) is 5.49. The molecule has 2 N–H and O–H groups in total. The number of amides is 2. The van der Waals surface area contributed by atoms with E-state index in [0.717, 1.165) is 27.4 Å². The van der Waals surface area contributed by atoms with Gasteiger partial charge in [-0.1, -0.05) is 12.1 Å². The van der Waals surface area contributed by atoms with Gasteiger partial charge in [0.15, 0.2) is 0 Å². The van der Waals surface area contributed by atoms with E-state index in [1.54, 1.807) is 0 Å². The first-order valence-electron chi connectivity index (χ1n) is 7.78. The molecule has 0 aromatic heterocycles. The van der Waals surface area contributed by atoms with E-state index in [1.807, 2.05) is 63.2 Å². The maximum atomic E-state index is 12.4. The van der Waals surface area contributed by atoms with Crippen molar-refractivity contribution in [3.8, 4) is 0 Å². The molecule has 0 aliphatic carbocycles. The first kappa shape index (κ1) is 18.1. The van der Waals surface area contributed by atoms with E-state index in [0.29, 0.717) is 0 Å². The Labute approximate surface area is 147 Å². The first-order valence-corrected chi connectivity index (χ1v) is 8.66. The van der Waals surface area contributed by atoms with E-state index in [1.165, 1.54) is 18.7 Å². The lowest BCUT2D eigenvalue weighted by atomic mass is 10.1. The minimum Gasteiger partial charge on any atom is -0.326 e. The topological polar surface area (TPSA) is 58.2 Å². The standard InChI is InChI=1S/C19H22N2O2S/c1-12-6-5-7-18(13(12)2)21-19(23)14(3)24-17-10-8-16(9-11-17)20-15(4)22/h5-11,14H,1-4H3,(H,20,22)(H,21,23). The van der Waals surface area contributed by atoms with Crippen molar-refractivity contribution in [1.29, 1.82) is 0 Å². The van der Waals surface area contributed by atoms with Crippen LogP contribution in [0, 0.1) is 13.8 Å². The molecule has 126 valence electrons. The van der Waals surface area contributed by atoms with E-state index < -0.39 is 0 Å². The van der Waals surface area contributed by atoms with E-state index in [2.05, 4.69) is 10.6 Å². The van der Waals surface area contributed by atoms with E-state index in [4.69, 9.17) is 0 Å². The molecule has 0 saturated carbocycles. The SMILES string of the molecule is CC(=O)Nc1ccc(SC(C)C(=O)Nc2cccc(C)c2C)cc1. The van der Waals surface area contributed by atoms with Gasteiger partial charge in [0.2, 0.25) is 11.8 Å². The Morgan fingerprint density at radius 3 is 2.29 bits per heavy atom. The molecule has 24 heavy (non-hydrogen) atoms. The van der Waals surface area contributed by atoms with Gasteiger partial charge in [-0.25, -0.2) is 0 Å². The smallest absolute Gasteiger partial charge is 0.237 e. The van der Waals surface area contributed by atoms with Crippen LogP contribution in [0.3, 0.4) is 0 Å². The number of anilines is 2. The van der Waals surface area contributed by atoms with Gasteiger partial charge in [-0.15, -0.1) is 11.8 Å². The Kier molecular flexibility index (Phi) is 6.04. The van der Waals surface area contributed by atoms with Gasteiger partial charge >= 0.3 is 0 Å². The third kappa shape index (κ3) is 4.86. The van der Waals surface area contributed by atoms with Crippen LogP contribution in [-0.2, 0) is 9.59 Å². The summed E-state index contributed by atoms with van der Waals surface area (Å²) in [7, 11) is 0. The minimum atomic E-state index is -0.225. The molecular weight excluding hydrogens is 320 g/mol. The fourth-order valence-corrected chi connectivity index (χ4v) is 3.07. The Morgan fingerprint density at radius 1 is 1.00 bits per heavy atom. The first-order chi connectivity index (χ1) is 11.4. The normalized spacial score (nSPS) is 11.7. The molecule has 0 spiro atoms. The molecule has 0 fully saturated rings. The van der Waals surface area contributed by atoms with Crippen molar-refractivity contribution < 1.29 is 9.59 Å². The van der Waals surface area contributed by atoms with Gasteiger partial charge in [0.25, 0.3) is 0 Å². The number of rotatable bonds is 5. The molecule has 1 unspecified atom stereocenters. The third-order valence-corrected chi connectivity index (χ3v) is 4.83. The second-order valence-corrected chi connectivity index (χ2v) is 7.12. The minimum absolute atomic E-state index is 0.0281. The van der Waals surface area contributed by atoms with Crippen LogP contribution in [0.15, 0.2) is 47.4 Å². The van der Waals surface area contributed by atoms with Crippen LogP contribution in [0.5, 0.6) is 0 Å². The summed E-state index contributed by atoms with van der Waals surface area (Å²) in [6.45, 7) is 7.39. The second-order valence-electron chi connectivity index (χ2n) is 5.70. The molecular formula is C19H22N2O2S. The molecule has 2 aromatic rings. The van der Waals surface area contributed by atoms with Crippen molar-refractivity contribution in [2.75, 3.05) is 10.6 Å². The van der Waals surface area contributed by atoms with Gasteiger partial charge in [-0.3, -0.25) is 9.59 Å². The van der Waals surface area contributed by atoms with Crippen LogP contribution in [0.4, 0.5) is 11.4 Å². The summed E-state index contributed by atoms with van der Waals surface area (Å²) in [5.41, 5.74) is 3.84. The highest BCUT2D eigenvalue weighted by molar-refractivity contribution is 8.00.